The minimum Gasteiger partial charge on any atom is -0.465 e. The standard InChI is InChI=1S/C27H27NO4S/c1-20(2)18-26(23-12-14-24(15-13-23)27(29)32-4)28(19-22-8-6-5-7-9-22)33(30,31)25-16-10-21(3)11-17-25/h5-17H,19H2,1-4H3. The van der Waals surface area contributed by atoms with E-state index in [4.69, 9.17) is 4.74 Å². The van der Waals surface area contributed by atoms with Crippen molar-refractivity contribution in [1.29, 1.82) is 0 Å². The lowest BCUT2D eigenvalue weighted by atomic mass is 10.1. The molecule has 170 valence electrons. The van der Waals surface area contributed by atoms with Crippen LogP contribution in [0.2, 0.25) is 0 Å². The molecule has 0 aromatic heterocycles. The largest absolute Gasteiger partial charge is 0.465 e. The van der Waals surface area contributed by atoms with Gasteiger partial charge in [0.05, 0.1) is 24.1 Å². The Hall–Kier alpha value is -3.60. The number of methoxy groups -OCH3 is 1. The molecule has 0 heterocycles. The smallest absolute Gasteiger partial charge is 0.337 e. The van der Waals surface area contributed by atoms with Crippen molar-refractivity contribution in [3.63, 3.8) is 0 Å². The van der Waals surface area contributed by atoms with Crippen LogP contribution >= 0.6 is 0 Å². The van der Waals surface area contributed by atoms with E-state index < -0.39 is 16.0 Å². The van der Waals surface area contributed by atoms with Crippen molar-refractivity contribution in [2.75, 3.05) is 7.11 Å². The molecule has 0 aliphatic heterocycles. The lowest BCUT2D eigenvalue weighted by Crippen LogP contribution is -2.29. The van der Waals surface area contributed by atoms with Crippen LogP contribution in [0.4, 0.5) is 0 Å². The third-order valence-electron chi connectivity index (χ3n) is 4.98. The molecule has 3 aromatic rings. The van der Waals surface area contributed by atoms with Crippen LogP contribution in [-0.4, -0.2) is 25.8 Å². The van der Waals surface area contributed by atoms with Crippen molar-refractivity contribution < 1.29 is 17.9 Å². The summed E-state index contributed by atoms with van der Waals surface area (Å²) in [7, 11) is -2.59. The van der Waals surface area contributed by atoms with E-state index in [1.807, 2.05) is 51.1 Å². The fourth-order valence-electron chi connectivity index (χ4n) is 3.27. The first-order valence-corrected chi connectivity index (χ1v) is 11.9. The van der Waals surface area contributed by atoms with Gasteiger partial charge < -0.3 is 4.74 Å². The molecular formula is C27H27NO4S. The van der Waals surface area contributed by atoms with Gasteiger partial charge in [0.25, 0.3) is 10.0 Å². The summed E-state index contributed by atoms with van der Waals surface area (Å²) in [5.41, 5.74) is 7.27. The summed E-state index contributed by atoms with van der Waals surface area (Å²) < 4.78 is 33.8. The summed E-state index contributed by atoms with van der Waals surface area (Å²) in [5.74, 6) is -0.456. The SMILES string of the molecule is COC(=O)c1ccc(C(=C=C(C)C)N(Cc2ccccc2)S(=O)(=O)c2ccc(C)cc2)cc1. The molecule has 0 aliphatic rings. The van der Waals surface area contributed by atoms with Crippen LogP contribution in [0.5, 0.6) is 0 Å². The van der Waals surface area contributed by atoms with Crippen LogP contribution < -0.4 is 0 Å². The van der Waals surface area contributed by atoms with Gasteiger partial charge in [-0.15, -0.1) is 0 Å². The Labute approximate surface area is 195 Å². The van der Waals surface area contributed by atoms with Gasteiger partial charge in [0.15, 0.2) is 0 Å². The molecule has 3 rings (SSSR count). The van der Waals surface area contributed by atoms with Crippen molar-refractivity contribution in [2.24, 2.45) is 0 Å². The first-order valence-electron chi connectivity index (χ1n) is 10.5. The molecule has 0 bridgehead atoms. The molecule has 0 spiro atoms. The fraction of sp³-hybridized carbons (Fsp3) is 0.185. The average molecular weight is 462 g/mol. The van der Waals surface area contributed by atoms with Gasteiger partial charge in [0.1, 0.15) is 5.70 Å². The van der Waals surface area contributed by atoms with Gasteiger partial charge in [0.2, 0.25) is 0 Å². The van der Waals surface area contributed by atoms with E-state index in [1.54, 1.807) is 48.5 Å². The number of allylic oxidation sites excluding steroid dienone is 1. The van der Waals surface area contributed by atoms with Crippen molar-refractivity contribution in [1.82, 2.24) is 4.31 Å². The Kier molecular flexibility index (Phi) is 7.54. The number of rotatable bonds is 7. The Morgan fingerprint density at radius 2 is 1.45 bits per heavy atom. The van der Waals surface area contributed by atoms with E-state index in [1.165, 1.54) is 11.4 Å². The predicted octanol–water partition coefficient (Wildman–Crippen LogP) is 5.58. The summed E-state index contributed by atoms with van der Waals surface area (Å²) >= 11 is 0. The van der Waals surface area contributed by atoms with Gasteiger partial charge in [-0.2, -0.15) is 0 Å². The zero-order chi connectivity index (χ0) is 24.0. The van der Waals surface area contributed by atoms with Gasteiger partial charge in [-0.3, -0.25) is 4.31 Å². The molecule has 0 saturated heterocycles. The minimum atomic E-state index is -3.91. The number of carbonyl (C=O) groups excluding carboxylic acids is 1. The van der Waals surface area contributed by atoms with E-state index in [9.17, 15) is 13.2 Å². The van der Waals surface area contributed by atoms with Gasteiger partial charge >= 0.3 is 5.97 Å². The molecule has 6 heteroatoms. The van der Waals surface area contributed by atoms with Crippen molar-refractivity contribution in [2.45, 2.75) is 32.2 Å². The number of hydrogen-bond acceptors (Lipinski definition) is 4. The number of ether oxygens (including phenoxy) is 1. The third kappa shape index (κ3) is 5.80. The number of sulfonamides is 1. The zero-order valence-electron chi connectivity index (χ0n) is 19.2. The molecule has 5 nitrogen and oxygen atoms in total. The third-order valence-corrected chi connectivity index (χ3v) is 6.74. The lowest BCUT2D eigenvalue weighted by molar-refractivity contribution is 0.0600. The highest BCUT2D eigenvalue weighted by molar-refractivity contribution is 7.89. The average Bonchev–Trinajstić information content (AvgIpc) is 2.81. The van der Waals surface area contributed by atoms with Crippen LogP contribution in [0, 0.1) is 6.92 Å². The van der Waals surface area contributed by atoms with Gasteiger partial charge in [0, 0.05) is 5.56 Å². The molecular weight excluding hydrogens is 434 g/mol. The second-order valence-corrected chi connectivity index (χ2v) is 9.72. The normalized spacial score (nSPS) is 10.8. The van der Waals surface area contributed by atoms with Crippen molar-refractivity contribution in [3.8, 4) is 0 Å². The quantitative estimate of drug-likeness (QED) is 0.340. The number of nitrogens with zero attached hydrogens (tertiary/aromatic N) is 1. The number of aryl methyl sites for hydroxylation is 1. The molecule has 0 radical (unpaired) electrons. The molecule has 0 unspecified atom stereocenters. The van der Waals surface area contributed by atoms with E-state index in [0.29, 0.717) is 16.8 Å². The van der Waals surface area contributed by atoms with Gasteiger partial charge in [-0.1, -0.05) is 65.9 Å². The number of benzene rings is 3. The summed E-state index contributed by atoms with van der Waals surface area (Å²) in [6.07, 6.45) is 0. The summed E-state index contributed by atoms with van der Waals surface area (Å²) in [6.45, 7) is 5.77. The molecule has 0 amide bonds. The minimum absolute atomic E-state index is 0.130. The Morgan fingerprint density at radius 1 is 0.879 bits per heavy atom. The molecule has 3 aromatic carbocycles. The zero-order valence-corrected chi connectivity index (χ0v) is 20.0. The number of esters is 1. The molecule has 33 heavy (non-hydrogen) atoms. The molecule has 0 N–H and O–H groups in total. The lowest BCUT2D eigenvalue weighted by Gasteiger charge is -2.26. The predicted molar refractivity (Wildman–Crippen MR) is 130 cm³/mol. The number of carbonyl (C=O) groups is 1. The fourth-order valence-corrected chi connectivity index (χ4v) is 4.71. The highest BCUT2D eigenvalue weighted by Gasteiger charge is 2.28. The van der Waals surface area contributed by atoms with Gasteiger partial charge in [-0.05, 0) is 56.2 Å². The topological polar surface area (TPSA) is 63.7 Å². The summed E-state index contributed by atoms with van der Waals surface area (Å²) in [5, 5.41) is 0. The summed E-state index contributed by atoms with van der Waals surface area (Å²) in [4.78, 5) is 12.1. The van der Waals surface area contributed by atoms with Crippen LogP contribution in [0.25, 0.3) is 5.70 Å². The van der Waals surface area contributed by atoms with Crippen LogP contribution in [0.1, 0.15) is 40.9 Å². The monoisotopic (exact) mass is 461 g/mol. The Morgan fingerprint density at radius 3 is 2.00 bits per heavy atom. The molecule has 0 atom stereocenters. The maximum atomic E-state index is 13.8. The number of hydrogen-bond donors (Lipinski definition) is 0. The molecule has 0 aliphatic carbocycles. The first kappa shape index (κ1) is 24.1. The Balaban J connectivity index is 2.19. The van der Waals surface area contributed by atoms with Crippen LogP contribution in [-0.2, 0) is 21.3 Å². The van der Waals surface area contributed by atoms with E-state index in [-0.39, 0.29) is 11.4 Å². The van der Waals surface area contributed by atoms with Crippen molar-refractivity contribution in [3.05, 3.63) is 112 Å². The van der Waals surface area contributed by atoms with Crippen LogP contribution in [0.3, 0.4) is 0 Å². The maximum absolute atomic E-state index is 13.8. The van der Waals surface area contributed by atoms with Gasteiger partial charge in [-0.25, -0.2) is 13.2 Å². The van der Waals surface area contributed by atoms with E-state index in [0.717, 1.165) is 16.7 Å². The highest BCUT2D eigenvalue weighted by atomic mass is 32.2. The second-order valence-electron chi connectivity index (χ2n) is 7.85. The van der Waals surface area contributed by atoms with E-state index in [2.05, 4.69) is 5.73 Å². The molecule has 0 saturated carbocycles. The first-order chi connectivity index (χ1) is 15.7. The molecule has 0 fully saturated rings. The maximum Gasteiger partial charge on any atom is 0.337 e. The van der Waals surface area contributed by atoms with Crippen molar-refractivity contribution >= 4 is 21.7 Å². The second kappa shape index (κ2) is 10.3. The Bertz CT molecular complexity index is 1280. The van der Waals surface area contributed by atoms with E-state index >= 15 is 0 Å². The van der Waals surface area contributed by atoms with Crippen LogP contribution in [0.15, 0.2) is 95.1 Å². The highest BCUT2D eigenvalue weighted by Crippen LogP contribution is 2.29. The summed E-state index contributed by atoms with van der Waals surface area (Å²) in [6, 6.07) is 22.9.